The van der Waals surface area contributed by atoms with Crippen molar-refractivity contribution in [1.29, 1.82) is 0 Å². The van der Waals surface area contributed by atoms with E-state index in [0.717, 1.165) is 56.0 Å². The number of fused-ring (bicyclic) bond motifs is 15. The van der Waals surface area contributed by atoms with Gasteiger partial charge in [-0.15, -0.1) is 0 Å². The van der Waals surface area contributed by atoms with Gasteiger partial charge in [0, 0.05) is 59.5 Å². The van der Waals surface area contributed by atoms with Crippen LogP contribution in [-0.2, 0) is 10.8 Å². The van der Waals surface area contributed by atoms with E-state index in [0.29, 0.717) is 0 Å². The molecule has 0 fully saturated rings. The van der Waals surface area contributed by atoms with E-state index in [2.05, 4.69) is 166 Å². The Balaban J connectivity index is 1.24. The number of rotatable bonds is 1. The van der Waals surface area contributed by atoms with E-state index in [1.54, 1.807) is 0 Å². The number of para-hydroxylation sites is 4. The monoisotopic (exact) mass is 754 g/mol. The number of hydrogen-bond acceptors (Lipinski definition) is 5. The molecule has 274 valence electrons. The zero-order valence-electron chi connectivity index (χ0n) is 32.7. The Bertz CT molecular complexity index is 3280. The van der Waals surface area contributed by atoms with Crippen LogP contribution in [0.2, 0.25) is 0 Å². The van der Waals surface area contributed by atoms with Crippen LogP contribution in [0.5, 0.6) is 0 Å². The molecule has 5 heterocycles. The molecule has 0 N–H and O–H groups in total. The molecule has 3 aliphatic heterocycles. The van der Waals surface area contributed by atoms with Crippen LogP contribution < -0.4 is 20.6 Å². The van der Waals surface area contributed by atoms with Crippen molar-refractivity contribution in [2.75, 3.05) is 9.71 Å². The number of nitrogens with zero attached hydrogens (tertiary/aromatic N) is 2. The molecule has 0 spiro atoms. The van der Waals surface area contributed by atoms with E-state index in [9.17, 15) is 0 Å². The Morgan fingerprint density at radius 1 is 0.579 bits per heavy atom. The molecule has 0 radical (unpaired) electrons. The van der Waals surface area contributed by atoms with Crippen LogP contribution in [0.15, 0.2) is 140 Å². The number of furan rings is 2. The molecule has 4 aliphatic rings. The fraction of sp³-hybridized carbons (Fsp3) is 0.176. The second-order valence-electron chi connectivity index (χ2n) is 17.9. The second-order valence-corrected chi connectivity index (χ2v) is 19.0. The summed E-state index contributed by atoms with van der Waals surface area (Å²) in [6.07, 6.45) is 2.32. The lowest BCUT2D eigenvalue weighted by Crippen LogP contribution is -2.62. The lowest BCUT2D eigenvalue weighted by Gasteiger charge is -2.48. The van der Waals surface area contributed by atoms with Crippen LogP contribution in [-0.4, -0.2) is 6.85 Å². The number of benzene rings is 7. The van der Waals surface area contributed by atoms with Gasteiger partial charge in [-0.2, -0.15) is 0 Å². The molecule has 57 heavy (non-hydrogen) atoms. The molecule has 0 bridgehead atoms. The van der Waals surface area contributed by atoms with Gasteiger partial charge in [0.2, 0.25) is 0 Å². The fourth-order valence-electron chi connectivity index (χ4n) is 10.9. The van der Waals surface area contributed by atoms with Gasteiger partial charge < -0.3 is 18.5 Å². The molecule has 4 nitrogen and oxygen atoms in total. The topological polar surface area (TPSA) is 32.8 Å². The quantitative estimate of drug-likeness (QED) is 0.156. The summed E-state index contributed by atoms with van der Waals surface area (Å²) in [5.74, 6) is 0. The Kier molecular flexibility index (Phi) is 6.09. The fourth-order valence-corrected chi connectivity index (χ4v) is 12.0. The largest absolute Gasteiger partial charge is 0.455 e. The van der Waals surface area contributed by atoms with E-state index in [4.69, 9.17) is 8.83 Å². The lowest BCUT2D eigenvalue weighted by atomic mass is 9.43. The van der Waals surface area contributed by atoms with Crippen LogP contribution in [0.25, 0.3) is 55.0 Å². The van der Waals surface area contributed by atoms with E-state index < -0.39 is 0 Å². The van der Waals surface area contributed by atoms with Crippen LogP contribution >= 0.6 is 11.8 Å². The summed E-state index contributed by atoms with van der Waals surface area (Å²) in [4.78, 5) is 7.74. The van der Waals surface area contributed by atoms with Gasteiger partial charge in [-0.05, 0) is 101 Å². The first-order chi connectivity index (χ1) is 27.7. The van der Waals surface area contributed by atoms with Gasteiger partial charge in [0.15, 0.2) is 5.58 Å². The Morgan fingerprint density at radius 2 is 1.25 bits per heavy atom. The third kappa shape index (κ3) is 4.06. The molecule has 0 saturated heterocycles. The zero-order chi connectivity index (χ0) is 38.1. The Hall–Kier alpha value is -5.85. The van der Waals surface area contributed by atoms with Crippen molar-refractivity contribution in [3.8, 4) is 11.1 Å². The van der Waals surface area contributed by atoms with Gasteiger partial charge in [0.25, 0.3) is 0 Å². The minimum Gasteiger partial charge on any atom is -0.455 e. The highest BCUT2D eigenvalue weighted by Crippen LogP contribution is 2.58. The van der Waals surface area contributed by atoms with Crippen molar-refractivity contribution < 1.29 is 8.83 Å². The van der Waals surface area contributed by atoms with Gasteiger partial charge in [-0.3, -0.25) is 0 Å². The Morgan fingerprint density at radius 3 is 2.04 bits per heavy atom. The molecule has 0 unspecified atom stereocenters. The molecule has 1 aliphatic carbocycles. The highest BCUT2D eigenvalue weighted by Gasteiger charge is 2.50. The van der Waals surface area contributed by atoms with E-state index >= 15 is 0 Å². The molecule has 0 atom stereocenters. The molecule has 7 aromatic carbocycles. The first kappa shape index (κ1) is 32.3. The van der Waals surface area contributed by atoms with E-state index in [1.807, 2.05) is 11.8 Å². The highest BCUT2D eigenvalue weighted by molar-refractivity contribution is 7.99. The maximum atomic E-state index is 7.09. The molecule has 2 aromatic heterocycles. The van der Waals surface area contributed by atoms with Crippen molar-refractivity contribution in [1.82, 2.24) is 0 Å². The van der Waals surface area contributed by atoms with Crippen LogP contribution in [0.4, 0.5) is 28.4 Å². The summed E-state index contributed by atoms with van der Waals surface area (Å²) in [6, 6.07) is 45.0. The van der Waals surface area contributed by atoms with Gasteiger partial charge in [0.1, 0.15) is 16.7 Å². The number of aryl methyl sites for hydroxylation is 1. The predicted octanol–water partition coefficient (Wildman–Crippen LogP) is 13.3. The maximum absolute atomic E-state index is 7.09. The van der Waals surface area contributed by atoms with Crippen molar-refractivity contribution >= 4 is 102 Å². The molecule has 6 heteroatoms. The van der Waals surface area contributed by atoms with Gasteiger partial charge >= 0.3 is 6.85 Å². The van der Waals surface area contributed by atoms with E-state index in [-0.39, 0.29) is 17.7 Å². The first-order valence-corrected chi connectivity index (χ1v) is 21.1. The van der Waals surface area contributed by atoms with E-state index in [1.165, 1.54) is 77.7 Å². The Labute approximate surface area is 336 Å². The summed E-state index contributed by atoms with van der Waals surface area (Å²) in [5.41, 5.74) is 18.9. The third-order valence-electron chi connectivity index (χ3n) is 13.8. The molecular weight excluding hydrogens is 715 g/mol. The number of hydrogen-bond donors (Lipinski definition) is 0. The second kappa shape index (κ2) is 10.8. The summed E-state index contributed by atoms with van der Waals surface area (Å²) in [7, 11) is 0. The van der Waals surface area contributed by atoms with Crippen molar-refractivity contribution in [3.05, 3.63) is 138 Å². The van der Waals surface area contributed by atoms with Gasteiger partial charge in [-0.1, -0.05) is 118 Å². The standard InChI is InChI=1S/C51H39BN2O2S/c1-28-25-34-35(51(4,5)24-23-50(34,2)3)27-38(28)53-39-26-33-30-14-7-10-18-41(30)55-48(33)44-32-15-12-20-43-46(32)54(37-16-8-11-19-42(37)57-43)52(45(39)44)36-22-21-31-29-13-6-9-17-40(29)56-49(31)47(36)53/h6-22,25-27H,23-24H2,1-5H3. The summed E-state index contributed by atoms with van der Waals surface area (Å²) < 4.78 is 14.1. The SMILES string of the molecule is Cc1cc2c(cc1N1c3cc4c(oc5ccccc54)c4c3B(c3ccc5c(oc6ccccc65)c31)N1c3ccccc3Sc3cccc-4c31)C(C)(C)CCC2(C)C. The first-order valence-electron chi connectivity index (χ1n) is 20.3. The van der Waals surface area contributed by atoms with Crippen LogP contribution in [0, 0.1) is 6.92 Å². The van der Waals surface area contributed by atoms with Crippen molar-refractivity contribution in [3.63, 3.8) is 0 Å². The van der Waals surface area contributed by atoms with Crippen LogP contribution in [0.3, 0.4) is 0 Å². The van der Waals surface area contributed by atoms with Gasteiger partial charge in [-0.25, -0.2) is 0 Å². The van der Waals surface area contributed by atoms with Crippen LogP contribution in [0.1, 0.15) is 57.2 Å². The smallest absolute Gasteiger partial charge is 0.333 e. The summed E-state index contributed by atoms with van der Waals surface area (Å²) in [6.45, 7) is 11.9. The predicted molar refractivity (Wildman–Crippen MR) is 239 cm³/mol. The van der Waals surface area contributed by atoms with Crippen molar-refractivity contribution in [2.45, 2.75) is 68.1 Å². The minimum absolute atomic E-state index is 0.0362. The van der Waals surface area contributed by atoms with Crippen molar-refractivity contribution in [2.24, 2.45) is 0 Å². The summed E-state index contributed by atoms with van der Waals surface area (Å²) in [5, 5.41) is 4.54. The minimum atomic E-state index is -0.138. The highest BCUT2D eigenvalue weighted by atomic mass is 32.2. The average Bonchev–Trinajstić information content (AvgIpc) is 3.79. The maximum Gasteiger partial charge on any atom is 0.333 e. The number of anilines is 5. The molecule has 0 saturated carbocycles. The lowest BCUT2D eigenvalue weighted by molar-refractivity contribution is 0.332. The molecule has 0 amide bonds. The summed E-state index contributed by atoms with van der Waals surface area (Å²) >= 11 is 1.87. The normalized spacial score (nSPS) is 16.8. The molecular formula is C51H39BN2O2S. The third-order valence-corrected chi connectivity index (χ3v) is 14.9. The van der Waals surface area contributed by atoms with Gasteiger partial charge in [0.05, 0.1) is 11.4 Å². The molecule has 9 aromatic rings. The average molecular weight is 755 g/mol. The molecule has 13 rings (SSSR count). The zero-order valence-corrected chi connectivity index (χ0v) is 33.5.